The van der Waals surface area contributed by atoms with Gasteiger partial charge < -0.3 is 4.90 Å². The number of rotatable bonds is 3. The molecular weight excluding hydrogens is 567 g/mol. The molecule has 0 aliphatic heterocycles. The number of hydrogen-bond acceptors (Lipinski definition) is 1. The third-order valence-corrected chi connectivity index (χ3v) is 11.1. The Hall–Kier alpha value is -5.66. The van der Waals surface area contributed by atoms with Gasteiger partial charge in [-0.3, -0.25) is 0 Å². The first kappa shape index (κ1) is 26.5. The number of fused-ring (bicyclic) bond motifs is 13. The molecule has 0 heterocycles. The summed E-state index contributed by atoms with van der Waals surface area (Å²) in [4.78, 5) is 2.45. The Morgan fingerprint density at radius 3 is 1.23 bits per heavy atom. The van der Waals surface area contributed by atoms with Crippen LogP contribution in [0, 0.1) is 0 Å². The molecule has 0 saturated heterocycles. The molecule has 1 heteroatoms. The van der Waals surface area contributed by atoms with Gasteiger partial charge in [-0.05, 0) is 103 Å². The highest BCUT2D eigenvalue weighted by molar-refractivity contribution is 5.96. The van der Waals surface area contributed by atoms with Crippen molar-refractivity contribution in [3.8, 4) is 33.4 Å². The number of para-hydroxylation sites is 1. The predicted octanol–water partition coefficient (Wildman–Crippen LogP) is 11.8. The van der Waals surface area contributed by atoms with Gasteiger partial charge in [0.2, 0.25) is 0 Å². The molecule has 0 radical (unpaired) electrons. The van der Waals surface area contributed by atoms with E-state index in [1.165, 1.54) is 72.4 Å². The molecule has 7 aromatic rings. The maximum atomic E-state index is 2.48. The van der Waals surface area contributed by atoms with Crippen LogP contribution in [0.5, 0.6) is 0 Å². The predicted molar refractivity (Wildman–Crippen MR) is 195 cm³/mol. The van der Waals surface area contributed by atoms with Crippen LogP contribution in [0.1, 0.15) is 47.2 Å². The molecule has 0 unspecified atom stereocenters. The van der Waals surface area contributed by atoms with Crippen molar-refractivity contribution in [2.75, 3.05) is 4.90 Å². The third-order valence-electron chi connectivity index (χ3n) is 11.1. The average molecular weight is 600 g/mol. The summed E-state index contributed by atoms with van der Waals surface area (Å²) in [5.41, 5.74) is 19.2. The van der Waals surface area contributed by atoms with Crippen molar-refractivity contribution in [2.24, 2.45) is 0 Å². The van der Waals surface area contributed by atoms with Gasteiger partial charge in [-0.25, -0.2) is 0 Å². The SMILES string of the molecule is CC1(C)c2ccccc2-c2ccc(N(c3ccccc3)c3ccc4c(c3)C3(c5ccccc5-c5ccccc53)c3ccccc3-4)cc21. The molecule has 0 atom stereocenters. The summed E-state index contributed by atoms with van der Waals surface area (Å²) in [6, 6.07) is 61.1. The Balaban J connectivity index is 1.23. The van der Waals surface area contributed by atoms with E-state index in [2.05, 4.69) is 183 Å². The summed E-state index contributed by atoms with van der Waals surface area (Å²) in [5, 5.41) is 0. The summed E-state index contributed by atoms with van der Waals surface area (Å²) < 4.78 is 0. The van der Waals surface area contributed by atoms with Crippen LogP contribution in [-0.4, -0.2) is 0 Å². The first-order valence-corrected chi connectivity index (χ1v) is 16.6. The lowest BCUT2D eigenvalue weighted by atomic mass is 9.70. The van der Waals surface area contributed by atoms with Crippen LogP contribution in [0.4, 0.5) is 17.1 Å². The van der Waals surface area contributed by atoms with E-state index in [9.17, 15) is 0 Å². The molecule has 0 saturated carbocycles. The summed E-state index contributed by atoms with van der Waals surface area (Å²) in [5.74, 6) is 0. The first-order chi connectivity index (χ1) is 23.1. The molecule has 47 heavy (non-hydrogen) atoms. The highest BCUT2D eigenvalue weighted by Gasteiger charge is 2.51. The van der Waals surface area contributed by atoms with Crippen LogP contribution < -0.4 is 4.90 Å². The minimum atomic E-state index is -0.376. The molecule has 3 aliphatic rings. The van der Waals surface area contributed by atoms with Gasteiger partial charge >= 0.3 is 0 Å². The Kier molecular flexibility index (Phi) is 5.33. The standard InChI is InChI=1S/C46H33N/c1-45(2)39-20-10-6-16-33(39)37-26-24-31(28-43(37)45)47(30-14-4-3-5-15-30)32-25-27-38-36-19-9-13-23-42(36)46(44(38)29-32)40-21-11-7-17-34(40)35-18-8-12-22-41(35)46/h3-29H,1-2H3. The summed E-state index contributed by atoms with van der Waals surface area (Å²) in [6.45, 7) is 4.72. The minimum Gasteiger partial charge on any atom is -0.310 e. The van der Waals surface area contributed by atoms with Gasteiger partial charge in [0.25, 0.3) is 0 Å². The number of hydrogen-bond donors (Lipinski definition) is 0. The fraction of sp³-hybridized carbons (Fsp3) is 0.0870. The van der Waals surface area contributed by atoms with Gasteiger partial charge in [0.05, 0.1) is 5.41 Å². The smallest absolute Gasteiger partial charge is 0.0726 e. The molecule has 10 rings (SSSR count). The van der Waals surface area contributed by atoms with Gasteiger partial charge in [-0.2, -0.15) is 0 Å². The zero-order chi connectivity index (χ0) is 31.3. The fourth-order valence-electron chi connectivity index (χ4n) is 9.08. The van der Waals surface area contributed by atoms with Crippen molar-refractivity contribution in [1.29, 1.82) is 0 Å². The Morgan fingerprint density at radius 2 is 0.702 bits per heavy atom. The molecule has 0 fully saturated rings. The van der Waals surface area contributed by atoms with Crippen molar-refractivity contribution in [2.45, 2.75) is 24.7 Å². The molecular formula is C46H33N. The third kappa shape index (κ3) is 3.39. The van der Waals surface area contributed by atoms with Crippen LogP contribution in [0.3, 0.4) is 0 Å². The maximum absolute atomic E-state index is 2.48. The van der Waals surface area contributed by atoms with Crippen molar-refractivity contribution < 1.29 is 0 Å². The molecule has 0 N–H and O–H groups in total. The number of anilines is 3. The van der Waals surface area contributed by atoms with Crippen LogP contribution in [0.2, 0.25) is 0 Å². The van der Waals surface area contributed by atoms with Crippen LogP contribution in [-0.2, 0) is 10.8 Å². The minimum absolute atomic E-state index is 0.0782. The quantitative estimate of drug-likeness (QED) is 0.195. The largest absolute Gasteiger partial charge is 0.310 e. The van der Waals surface area contributed by atoms with E-state index < -0.39 is 0 Å². The van der Waals surface area contributed by atoms with Gasteiger partial charge in [0.15, 0.2) is 0 Å². The zero-order valence-electron chi connectivity index (χ0n) is 26.5. The van der Waals surface area contributed by atoms with Crippen LogP contribution in [0.25, 0.3) is 33.4 Å². The Morgan fingerprint density at radius 1 is 0.319 bits per heavy atom. The molecule has 7 aromatic carbocycles. The Labute approximate surface area is 276 Å². The normalized spacial score (nSPS) is 14.9. The van der Waals surface area contributed by atoms with Crippen molar-refractivity contribution in [3.05, 3.63) is 197 Å². The van der Waals surface area contributed by atoms with Crippen LogP contribution in [0.15, 0.2) is 164 Å². The lowest BCUT2D eigenvalue weighted by Crippen LogP contribution is -2.26. The van der Waals surface area contributed by atoms with E-state index in [0.29, 0.717) is 0 Å². The highest BCUT2D eigenvalue weighted by Crippen LogP contribution is 2.63. The van der Waals surface area contributed by atoms with E-state index >= 15 is 0 Å². The van der Waals surface area contributed by atoms with E-state index in [0.717, 1.165) is 11.4 Å². The van der Waals surface area contributed by atoms with E-state index in [1.807, 2.05) is 0 Å². The molecule has 0 aromatic heterocycles. The molecule has 222 valence electrons. The van der Waals surface area contributed by atoms with Crippen molar-refractivity contribution in [3.63, 3.8) is 0 Å². The van der Waals surface area contributed by atoms with Gasteiger partial charge in [0.1, 0.15) is 0 Å². The topological polar surface area (TPSA) is 3.24 Å². The second-order valence-corrected chi connectivity index (χ2v) is 13.7. The summed E-state index contributed by atoms with van der Waals surface area (Å²) >= 11 is 0. The van der Waals surface area contributed by atoms with E-state index in [1.54, 1.807) is 0 Å². The lowest BCUT2D eigenvalue weighted by molar-refractivity contribution is 0.660. The maximum Gasteiger partial charge on any atom is 0.0726 e. The van der Waals surface area contributed by atoms with Gasteiger partial charge in [-0.1, -0.05) is 141 Å². The number of nitrogens with zero attached hydrogens (tertiary/aromatic N) is 1. The van der Waals surface area contributed by atoms with Crippen molar-refractivity contribution in [1.82, 2.24) is 0 Å². The van der Waals surface area contributed by atoms with Gasteiger partial charge in [0, 0.05) is 22.5 Å². The Bertz CT molecular complexity index is 2330. The molecule has 0 amide bonds. The van der Waals surface area contributed by atoms with Gasteiger partial charge in [-0.15, -0.1) is 0 Å². The molecule has 1 spiro atoms. The van der Waals surface area contributed by atoms with Crippen molar-refractivity contribution >= 4 is 17.1 Å². The summed E-state index contributed by atoms with van der Waals surface area (Å²) in [6.07, 6.45) is 0. The lowest BCUT2D eigenvalue weighted by Gasteiger charge is -2.32. The second-order valence-electron chi connectivity index (χ2n) is 13.7. The van der Waals surface area contributed by atoms with E-state index in [4.69, 9.17) is 0 Å². The molecule has 3 aliphatic carbocycles. The van der Waals surface area contributed by atoms with E-state index in [-0.39, 0.29) is 10.8 Å². The monoisotopic (exact) mass is 599 g/mol. The molecule has 0 bridgehead atoms. The first-order valence-electron chi connectivity index (χ1n) is 16.6. The number of benzene rings is 7. The summed E-state index contributed by atoms with van der Waals surface area (Å²) in [7, 11) is 0. The molecule has 1 nitrogen and oxygen atoms in total. The highest BCUT2D eigenvalue weighted by atomic mass is 15.1. The fourth-order valence-corrected chi connectivity index (χ4v) is 9.08. The second kappa shape index (κ2) is 9.44. The zero-order valence-corrected chi connectivity index (χ0v) is 26.5. The van der Waals surface area contributed by atoms with Crippen LogP contribution >= 0.6 is 0 Å². The average Bonchev–Trinajstić information content (AvgIpc) is 3.68.